The van der Waals surface area contributed by atoms with Gasteiger partial charge in [0.15, 0.2) is 5.76 Å². The Morgan fingerprint density at radius 1 is 1.08 bits per heavy atom. The third-order valence-electron chi connectivity index (χ3n) is 3.93. The Kier molecular flexibility index (Phi) is 5.68. The second kappa shape index (κ2) is 8.33. The molecule has 26 heavy (non-hydrogen) atoms. The maximum atomic E-state index is 12.0. The predicted octanol–water partition coefficient (Wildman–Crippen LogP) is 2.32. The van der Waals surface area contributed by atoms with Gasteiger partial charge >= 0.3 is 0 Å². The van der Waals surface area contributed by atoms with Gasteiger partial charge in [0.2, 0.25) is 5.91 Å². The van der Waals surface area contributed by atoms with E-state index in [-0.39, 0.29) is 35.9 Å². The fraction of sp³-hybridized carbons (Fsp3) is 0.316. The van der Waals surface area contributed by atoms with Gasteiger partial charge in [-0.1, -0.05) is 6.07 Å². The molecule has 0 unspecified atom stereocenters. The molecule has 1 heterocycles. The summed E-state index contributed by atoms with van der Waals surface area (Å²) < 4.78 is 4.99. The van der Waals surface area contributed by atoms with Gasteiger partial charge in [0, 0.05) is 30.3 Å². The Labute approximate surface area is 151 Å². The minimum absolute atomic E-state index is 0.121. The molecule has 0 radical (unpaired) electrons. The van der Waals surface area contributed by atoms with E-state index in [1.54, 1.807) is 36.4 Å². The average Bonchev–Trinajstić information content (AvgIpc) is 3.27. The molecule has 0 atom stereocenters. The summed E-state index contributed by atoms with van der Waals surface area (Å²) in [6.07, 6.45) is 4.25. The minimum Gasteiger partial charge on any atom is -0.459 e. The summed E-state index contributed by atoms with van der Waals surface area (Å²) in [5.41, 5.74) is 1.11. The predicted molar refractivity (Wildman–Crippen MR) is 95.8 cm³/mol. The van der Waals surface area contributed by atoms with Gasteiger partial charge in [-0.25, -0.2) is 0 Å². The number of carbonyl (C=O) groups excluding carboxylic acids is 3. The van der Waals surface area contributed by atoms with Gasteiger partial charge in [-0.05, 0) is 49.6 Å². The van der Waals surface area contributed by atoms with Crippen LogP contribution in [0.25, 0.3) is 0 Å². The number of carbonyl (C=O) groups is 3. The van der Waals surface area contributed by atoms with Gasteiger partial charge < -0.3 is 20.4 Å². The first-order valence-electron chi connectivity index (χ1n) is 8.64. The number of anilines is 1. The van der Waals surface area contributed by atoms with E-state index in [0.717, 1.165) is 12.8 Å². The fourth-order valence-corrected chi connectivity index (χ4v) is 2.40. The molecule has 0 bridgehead atoms. The number of nitrogens with one attached hydrogen (secondary N) is 3. The van der Waals surface area contributed by atoms with Crippen LogP contribution in [-0.4, -0.2) is 30.3 Å². The van der Waals surface area contributed by atoms with Crippen LogP contribution in [0.3, 0.4) is 0 Å². The van der Waals surface area contributed by atoms with E-state index in [2.05, 4.69) is 16.0 Å². The summed E-state index contributed by atoms with van der Waals surface area (Å²) in [6.45, 7) is 0.372. The molecule has 1 aromatic carbocycles. The molecule has 136 valence electrons. The van der Waals surface area contributed by atoms with Crippen LogP contribution in [-0.2, 0) is 4.79 Å². The third-order valence-corrected chi connectivity index (χ3v) is 3.93. The molecule has 0 saturated heterocycles. The molecule has 1 aliphatic rings. The summed E-state index contributed by atoms with van der Waals surface area (Å²) in [6, 6.07) is 10.4. The van der Waals surface area contributed by atoms with Crippen LogP contribution in [0.15, 0.2) is 47.1 Å². The van der Waals surface area contributed by atoms with Crippen molar-refractivity contribution in [3.05, 3.63) is 54.0 Å². The molecule has 7 nitrogen and oxygen atoms in total. The number of benzene rings is 1. The smallest absolute Gasteiger partial charge is 0.286 e. The number of amides is 3. The van der Waals surface area contributed by atoms with Crippen LogP contribution in [0.1, 0.15) is 46.6 Å². The van der Waals surface area contributed by atoms with Crippen LogP contribution in [0.4, 0.5) is 5.69 Å². The summed E-state index contributed by atoms with van der Waals surface area (Å²) in [5, 5.41) is 8.37. The van der Waals surface area contributed by atoms with Crippen molar-refractivity contribution in [2.75, 3.05) is 11.9 Å². The largest absolute Gasteiger partial charge is 0.459 e. The Hall–Kier alpha value is -3.09. The van der Waals surface area contributed by atoms with Crippen molar-refractivity contribution >= 4 is 23.4 Å². The molecule has 7 heteroatoms. The molecule has 0 spiro atoms. The molecule has 1 fully saturated rings. The molecule has 3 rings (SSSR count). The molecule has 2 aromatic rings. The van der Waals surface area contributed by atoms with E-state index >= 15 is 0 Å². The van der Waals surface area contributed by atoms with E-state index in [9.17, 15) is 14.4 Å². The zero-order chi connectivity index (χ0) is 18.4. The van der Waals surface area contributed by atoms with Crippen LogP contribution in [0, 0.1) is 0 Å². The van der Waals surface area contributed by atoms with Gasteiger partial charge in [0.1, 0.15) is 0 Å². The highest BCUT2D eigenvalue weighted by Gasteiger charge is 2.23. The second-order valence-corrected chi connectivity index (χ2v) is 6.21. The first-order valence-corrected chi connectivity index (χ1v) is 8.64. The first-order chi connectivity index (χ1) is 12.6. The van der Waals surface area contributed by atoms with Crippen molar-refractivity contribution in [3.8, 4) is 0 Å². The lowest BCUT2D eigenvalue weighted by molar-refractivity contribution is -0.116. The van der Waals surface area contributed by atoms with Gasteiger partial charge in [-0.2, -0.15) is 0 Å². The Balaban J connectivity index is 1.40. The standard InChI is InChI=1S/C19H21N3O4/c23-17(7-2-10-20-19(25)16-6-3-11-26-16)21-15-5-1-4-13(12-15)18(24)22-14-8-9-14/h1,3-6,11-12,14H,2,7-10H2,(H,20,25)(H,21,23)(H,22,24). The van der Waals surface area contributed by atoms with Gasteiger partial charge in [0.05, 0.1) is 6.26 Å². The van der Waals surface area contributed by atoms with Crippen molar-refractivity contribution < 1.29 is 18.8 Å². The Bertz CT molecular complexity index is 782. The van der Waals surface area contributed by atoms with E-state index in [1.165, 1.54) is 6.26 Å². The van der Waals surface area contributed by atoms with Crippen molar-refractivity contribution in [1.29, 1.82) is 0 Å². The molecule has 3 amide bonds. The topological polar surface area (TPSA) is 100 Å². The highest BCUT2D eigenvalue weighted by Crippen LogP contribution is 2.20. The Morgan fingerprint density at radius 3 is 2.65 bits per heavy atom. The highest BCUT2D eigenvalue weighted by atomic mass is 16.3. The maximum Gasteiger partial charge on any atom is 0.286 e. The normalized spacial score (nSPS) is 13.1. The molecule has 1 aromatic heterocycles. The lowest BCUT2D eigenvalue weighted by Gasteiger charge is -2.08. The lowest BCUT2D eigenvalue weighted by atomic mass is 10.2. The highest BCUT2D eigenvalue weighted by molar-refractivity contribution is 5.97. The van der Waals surface area contributed by atoms with Crippen LogP contribution >= 0.6 is 0 Å². The monoisotopic (exact) mass is 355 g/mol. The summed E-state index contributed by atoms with van der Waals surface area (Å²) in [7, 11) is 0. The van der Waals surface area contributed by atoms with E-state index < -0.39 is 0 Å². The van der Waals surface area contributed by atoms with E-state index in [0.29, 0.717) is 24.2 Å². The van der Waals surface area contributed by atoms with Crippen LogP contribution in [0.5, 0.6) is 0 Å². The van der Waals surface area contributed by atoms with Gasteiger partial charge in [0.25, 0.3) is 11.8 Å². The number of rotatable bonds is 8. The van der Waals surface area contributed by atoms with E-state index in [4.69, 9.17) is 4.42 Å². The van der Waals surface area contributed by atoms with Crippen LogP contribution < -0.4 is 16.0 Å². The molecule has 1 aliphatic carbocycles. The molecule has 3 N–H and O–H groups in total. The van der Waals surface area contributed by atoms with Gasteiger partial charge in [-0.3, -0.25) is 14.4 Å². The van der Waals surface area contributed by atoms with Crippen molar-refractivity contribution in [2.24, 2.45) is 0 Å². The SMILES string of the molecule is O=C(CCCNC(=O)c1ccco1)Nc1cccc(C(=O)NC2CC2)c1. The fourth-order valence-electron chi connectivity index (χ4n) is 2.40. The summed E-state index contributed by atoms with van der Waals surface area (Å²) in [4.78, 5) is 35.7. The summed E-state index contributed by atoms with van der Waals surface area (Å²) in [5.74, 6) is -0.346. The van der Waals surface area contributed by atoms with Crippen molar-refractivity contribution in [1.82, 2.24) is 10.6 Å². The second-order valence-electron chi connectivity index (χ2n) is 6.21. The zero-order valence-corrected chi connectivity index (χ0v) is 14.3. The Morgan fingerprint density at radius 2 is 1.92 bits per heavy atom. The van der Waals surface area contributed by atoms with Crippen LogP contribution in [0.2, 0.25) is 0 Å². The molecular formula is C19H21N3O4. The molecule has 0 aliphatic heterocycles. The lowest BCUT2D eigenvalue weighted by Crippen LogP contribution is -2.25. The number of furan rings is 1. The number of hydrogen-bond donors (Lipinski definition) is 3. The van der Waals surface area contributed by atoms with Crippen molar-refractivity contribution in [2.45, 2.75) is 31.7 Å². The molecular weight excluding hydrogens is 334 g/mol. The van der Waals surface area contributed by atoms with E-state index in [1.807, 2.05) is 0 Å². The van der Waals surface area contributed by atoms with Gasteiger partial charge in [-0.15, -0.1) is 0 Å². The maximum absolute atomic E-state index is 12.0. The van der Waals surface area contributed by atoms with Crippen molar-refractivity contribution in [3.63, 3.8) is 0 Å². The first kappa shape index (κ1) is 17.7. The third kappa shape index (κ3) is 5.20. The molecule has 1 saturated carbocycles. The minimum atomic E-state index is -0.301. The average molecular weight is 355 g/mol. The number of hydrogen-bond acceptors (Lipinski definition) is 4. The zero-order valence-electron chi connectivity index (χ0n) is 14.3. The quantitative estimate of drug-likeness (QED) is 0.633. The summed E-state index contributed by atoms with van der Waals surface area (Å²) >= 11 is 0.